The van der Waals surface area contributed by atoms with Crippen LogP contribution >= 0.6 is 12.4 Å². The largest absolute Gasteiger partial charge is 0.353 e. The summed E-state index contributed by atoms with van der Waals surface area (Å²) >= 11 is 0. The van der Waals surface area contributed by atoms with Crippen LogP contribution in [0.15, 0.2) is 18.5 Å². The molecular formula is C16H27ClN4O. The quantitative estimate of drug-likeness (QED) is 0.890. The van der Waals surface area contributed by atoms with Gasteiger partial charge in [-0.25, -0.2) is 0 Å². The van der Waals surface area contributed by atoms with Crippen LogP contribution in [0.3, 0.4) is 0 Å². The summed E-state index contributed by atoms with van der Waals surface area (Å²) < 4.78 is 1.86. The fourth-order valence-corrected chi connectivity index (χ4v) is 3.79. The lowest BCUT2D eigenvalue weighted by molar-refractivity contribution is -0.132. The molecule has 22 heavy (non-hydrogen) atoms. The molecule has 2 aliphatic rings. The number of carbonyl (C=O) groups is 1. The van der Waals surface area contributed by atoms with Gasteiger partial charge in [0.1, 0.15) is 5.54 Å². The maximum absolute atomic E-state index is 12.9. The Balaban J connectivity index is 0.00000176. The van der Waals surface area contributed by atoms with Crippen LogP contribution in [0.5, 0.6) is 0 Å². The average Bonchev–Trinajstić information content (AvgIpc) is 3.18. The van der Waals surface area contributed by atoms with Gasteiger partial charge in [-0.05, 0) is 50.3 Å². The first-order valence-corrected chi connectivity index (χ1v) is 8.14. The Morgan fingerprint density at radius 3 is 2.55 bits per heavy atom. The van der Waals surface area contributed by atoms with Crippen molar-refractivity contribution in [2.45, 2.75) is 51.0 Å². The van der Waals surface area contributed by atoms with Crippen molar-refractivity contribution < 1.29 is 4.79 Å². The predicted octanol–water partition coefficient (Wildman–Crippen LogP) is 2.08. The zero-order valence-corrected chi connectivity index (χ0v) is 14.1. The molecule has 1 aliphatic heterocycles. The van der Waals surface area contributed by atoms with Crippen molar-refractivity contribution in [2.75, 3.05) is 19.6 Å². The Morgan fingerprint density at radius 1 is 1.27 bits per heavy atom. The zero-order chi connectivity index (χ0) is 14.8. The highest BCUT2D eigenvalue weighted by molar-refractivity contribution is 5.85. The van der Waals surface area contributed by atoms with Crippen LogP contribution in [0.2, 0.25) is 0 Å². The van der Waals surface area contributed by atoms with Gasteiger partial charge in [0.25, 0.3) is 0 Å². The summed E-state index contributed by atoms with van der Waals surface area (Å²) in [6.45, 7) is 4.82. The molecule has 2 heterocycles. The summed E-state index contributed by atoms with van der Waals surface area (Å²) in [6.07, 6.45) is 10.3. The maximum Gasteiger partial charge on any atom is 0.248 e. The van der Waals surface area contributed by atoms with Crippen molar-refractivity contribution in [2.24, 2.45) is 5.41 Å². The molecular weight excluding hydrogens is 300 g/mol. The number of nitrogens with zero attached hydrogens (tertiary/aromatic N) is 2. The van der Waals surface area contributed by atoms with E-state index in [1.165, 1.54) is 25.7 Å². The molecule has 1 aromatic rings. The maximum atomic E-state index is 12.9. The van der Waals surface area contributed by atoms with Crippen molar-refractivity contribution in [3.8, 4) is 0 Å². The smallest absolute Gasteiger partial charge is 0.248 e. The standard InChI is InChI=1S/C16H26N4O.ClH/c1-15(5-2-3-6-15)13-18-14(21)16(7-10-17-11-8-16)20-12-4-9-19-20;/h4,9,12,17H,2-3,5-8,10-11,13H2,1H3,(H,18,21);1H. The highest BCUT2D eigenvalue weighted by Crippen LogP contribution is 2.37. The van der Waals surface area contributed by atoms with Gasteiger partial charge in [-0.2, -0.15) is 5.10 Å². The van der Waals surface area contributed by atoms with E-state index < -0.39 is 5.54 Å². The third-order valence-corrected chi connectivity index (χ3v) is 5.28. The molecule has 0 bridgehead atoms. The first-order valence-electron chi connectivity index (χ1n) is 8.14. The van der Waals surface area contributed by atoms with Crippen LogP contribution in [0.4, 0.5) is 0 Å². The monoisotopic (exact) mass is 326 g/mol. The molecule has 1 saturated carbocycles. The average molecular weight is 327 g/mol. The van der Waals surface area contributed by atoms with E-state index in [4.69, 9.17) is 0 Å². The van der Waals surface area contributed by atoms with Crippen LogP contribution in [0.1, 0.15) is 45.4 Å². The number of carbonyl (C=O) groups excluding carboxylic acids is 1. The van der Waals surface area contributed by atoms with E-state index in [1.54, 1.807) is 6.20 Å². The number of hydrogen-bond donors (Lipinski definition) is 2. The Hall–Kier alpha value is -1.07. The Labute approximate surface area is 138 Å². The third-order valence-electron chi connectivity index (χ3n) is 5.28. The molecule has 1 saturated heterocycles. The van der Waals surface area contributed by atoms with Gasteiger partial charge in [0.15, 0.2) is 0 Å². The molecule has 0 radical (unpaired) electrons. The van der Waals surface area contributed by atoms with Gasteiger partial charge in [-0.3, -0.25) is 9.48 Å². The number of nitrogens with one attached hydrogen (secondary N) is 2. The van der Waals surface area contributed by atoms with Crippen molar-refractivity contribution in [1.82, 2.24) is 20.4 Å². The molecule has 1 aromatic heterocycles. The number of rotatable bonds is 4. The molecule has 0 aromatic carbocycles. The topological polar surface area (TPSA) is 59.0 Å². The molecule has 2 N–H and O–H groups in total. The summed E-state index contributed by atoms with van der Waals surface area (Å²) in [4.78, 5) is 12.9. The number of halogens is 1. The van der Waals surface area contributed by atoms with E-state index in [0.717, 1.165) is 32.5 Å². The molecule has 124 valence electrons. The van der Waals surface area contributed by atoms with E-state index in [1.807, 2.05) is 16.9 Å². The second-order valence-electron chi connectivity index (χ2n) is 6.93. The van der Waals surface area contributed by atoms with Crippen LogP contribution in [0.25, 0.3) is 0 Å². The minimum atomic E-state index is -0.510. The van der Waals surface area contributed by atoms with Gasteiger partial charge in [0, 0.05) is 18.9 Å². The number of amides is 1. The highest BCUT2D eigenvalue weighted by atomic mass is 35.5. The molecule has 5 nitrogen and oxygen atoms in total. The summed E-state index contributed by atoms with van der Waals surface area (Å²) in [6, 6.07) is 1.90. The lowest BCUT2D eigenvalue weighted by Gasteiger charge is -2.37. The first kappa shape index (κ1) is 17.3. The lowest BCUT2D eigenvalue weighted by Crippen LogP contribution is -2.55. The Bertz CT molecular complexity index is 476. The van der Waals surface area contributed by atoms with Crippen molar-refractivity contribution >= 4 is 18.3 Å². The van der Waals surface area contributed by atoms with E-state index in [-0.39, 0.29) is 23.7 Å². The van der Waals surface area contributed by atoms with Gasteiger partial charge in [-0.15, -0.1) is 12.4 Å². The molecule has 0 atom stereocenters. The summed E-state index contributed by atoms with van der Waals surface area (Å²) in [5, 5.41) is 10.9. The number of piperidine rings is 1. The van der Waals surface area contributed by atoms with Crippen molar-refractivity contribution in [3.05, 3.63) is 18.5 Å². The van der Waals surface area contributed by atoms with Crippen LogP contribution in [-0.2, 0) is 10.3 Å². The minimum absolute atomic E-state index is 0. The third kappa shape index (κ3) is 3.30. The van der Waals surface area contributed by atoms with Gasteiger partial charge >= 0.3 is 0 Å². The zero-order valence-electron chi connectivity index (χ0n) is 13.3. The predicted molar refractivity (Wildman–Crippen MR) is 89.1 cm³/mol. The molecule has 2 fully saturated rings. The van der Waals surface area contributed by atoms with Crippen molar-refractivity contribution in [3.63, 3.8) is 0 Å². The second kappa shape index (κ2) is 7.01. The molecule has 3 rings (SSSR count). The highest BCUT2D eigenvalue weighted by Gasteiger charge is 2.42. The molecule has 1 aliphatic carbocycles. The summed E-state index contributed by atoms with van der Waals surface area (Å²) in [5.41, 5.74) is -0.225. The minimum Gasteiger partial charge on any atom is -0.353 e. The fraction of sp³-hybridized carbons (Fsp3) is 0.750. The normalized spacial score (nSPS) is 22.8. The molecule has 0 spiro atoms. The summed E-state index contributed by atoms with van der Waals surface area (Å²) in [5.74, 6) is 0.140. The van der Waals surface area contributed by atoms with E-state index in [9.17, 15) is 4.79 Å². The fourth-order valence-electron chi connectivity index (χ4n) is 3.79. The van der Waals surface area contributed by atoms with E-state index in [0.29, 0.717) is 0 Å². The van der Waals surface area contributed by atoms with Gasteiger partial charge in [0.05, 0.1) is 0 Å². The van der Waals surface area contributed by atoms with Crippen LogP contribution < -0.4 is 10.6 Å². The van der Waals surface area contributed by atoms with Gasteiger partial charge in [-0.1, -0.05) is 19.8 Å². The Kier molecular flexibility index (Phi) is 5.50. The van der Waals surface area contributed by atoms with E-state index in [2.05, 4.69) is 22.7 Å². The molecule has 1 amide bonds. The summed E-state index contributed by atoms with van der Waals surface area (Å²) in [7, 11) is 0. The van der Waals surface area contributed by atoms with Gasteiger partial charge in [0.2, 0.25) is 5.91 Å². The number of hydrogen-bond acceptors (Lipinski definition) is 3. The molecule has 0 unspecified atom stereocenters. The Morgan fingerprint density at radius 2 is 1.95 bits per heavy atom. The lowest BCUT2D eigenvalue weighted by atomic mass is 9.85. The van der Waals surface area contributed by atoms with E-state index >= 15 is 0 Å². The van der Waals surface area contributed by atoms with Crippen molar-refractivity contribution in [1.29, 1.82) is 0 Å². The number of aromatic nitrogens is 2. The van der Waals surface area contributed by atoms with Gasteiger partial charge < -0.3 is 10.6 Å². The second-order valence-corrected chi connectivity index (χ2v) is 6.93. The van der Waals surface area contributed by atoms with Crippen LogP contribution in [-0.4, -0.2) is 35.3 Å². The SMILES string of the molecule is CC1(CNC(=O)C2(n3cccn3)CCNCC2)CCCC1.Cl. The molecule has 6 heteroatoms. The van der Waals surface area contributed by atoms with Crippen LogP contribution in [0, 0.1) is 5.41 Å². The first-order chi connectivity index (χ1) is 10.1.